The fourth-order valence-corrected chi connectivity index (χ4v) is 2.63. The lowest BCUT2D eigenvalue weighted by atomic mass is 10.1. The molecule has 2 rings (SSSR count). The van der Waals surface area contributed by atoms with Crippen molar-refractivity contribution in [3.05, 3.63) is 51.5 Å². The molecule has 0 radical (unpaired) electrons. The average molecular weight is 249 g/mol. The van der Waals surface area contributed by atoms with Crippen LogP contribution in [0.3, 0.4) is 0 Å². The van der Waals surface area contributed by atoms with Crippen molar-refractivity contribution in [3.63, 3.8) is 0 Å². The van der Waals surface area contributed by atoms with Gasteiger partial charge in [-0.3, -0.25) is 0 Å². The molecule has 1 aromatic carbocycles. The molecule has 1 N–H and O–H groups in total. The summed E-state index contributed by atoms with van der Waals surface area (Å²) in [6.07, 6.45) is 0. The molecule has 1 heterocycles. The van der Waals surface area contributed by atoms with E-state index in [1.54, 1.807) is 24.3 Å². The van der Waals surface area contributed by atoms with Crippen molar-refractivity contribution in [2.75, 3.05) is 5.32 Å². The first-order valence-corrected chi connectivity index (χ1v) is 6.47. The lowest BCUT2D eigenvalue weighted by Gasteiger charge is -2.16. The number of hydrogen-bond acceptors (Lipinski definition) is 2. The van der Waals surface area contributed by atoms with E-state index < -0.39 is 0 Å². The second-order valence-electron chi connectivity index (χ2n) is 4.23. The van der Waals surface area contributed by atoms with Gasteiger partial charge >= 0.3 is 0 Å². The summed E-state index contributed by atoms with van der Waals surface area (Å²) in [4.78, 5) is 2.57. The summed E-state index contributed by atoms with van der Waals surface area (Å²) in [5, 5.41) is 3.35. The van der Waals surface area contributed by atoms with Crippen LogP contribution in [0.15, 0.2) is 30.3 Å². The first-order chi connectivity index (χ1) is 8.08. The Bertz CT molecular complexity index is 519. The second-order valence-corrected chi connectivity index (χ2v) is 5.55. The standard InChI is InChI=1S/C14H16FNS/c1-9-7-8-14(17-9)11(3)16-13-6-4-5-12(15)10(13)2/h4-8,11,16H,1-3H3. The summed E-state index contributed by atoms with van der Waals surface area (Å²) in [6, 6.07) is 9.56. The number of thiophene rings is 1. The number of anilines is 1. The highest BCUT2D eigenvalue weighted by molar-refractivity contribution is 7.12. The highest BCUT2D eigenvalue weighted by Crippen LogP contribution is 2.27. The van der Waals surface area contributed by atoms with Crippen LogP contribution in [-0.2, 0) is 0 Å². The second kappa shape index (κ2) is 4.88. The average Bonchev–Trinajstić information content (AvgIpc) is 2.72. The molecule has 1 nitrogen and oxygen atoms in total. The lowest BCUT2D eigenvalue weighted by molar-refractivity contribution is 0.618. The maximum atomic E-state index is 13.4. The maximum absolute atomic E-state index is 13.4. The molecule has 0 aliphatic heterocycles. The molecule has 0 saturated carbocycles. The minimum absolute atomic E-state index is 0.162. The molecule has 0 aliphatic carbocycles. The van der Waals surface area contributed by atoms with Crippen LogP contribution in [-0.4, -0.2) is 0 Å². The van der Waals surface area contributed by atoms with Crippen LogP contribution in [0.2, 0.25) is 0 Å². The summed E-state index contributed by atoms with van der Waals surface area (Å²) in [7, 11) is 0. The SMILES string of the molecule is Cc1ccc(C(C)Nc2cccc(F)c2C)s1. The first kappa shape index (κ1) is 12.1. The Kier molecular flexibility index (Phi) is 3.48. The largest absolute Gasteiger partial charge is 0.377 e. The number of nitrogens with one attached hydrogen (secondary N) is 1. The van der Waals surface area contributed by atoms with Crippen LogP contribution in [0.4, 0.5) is 10.1 Å². The number of hydrogen-bond donors (Lipinski definition) is 1. The van der Waals surface area contributed by atoms with Crippen LogP contribution < -0.4 is 5.32 Å². The summed E-state index contributed by atoms with van der Waals surface area (Å²) in [6.45, 7) is 5.98. The number of benzene rings is 1. The van der Waals surface area contributed by atoms with E-state index in [-0.39, 0.29) is 11.9 Å². The van der Waals surface area contributed by atoms with Gasteiger partial charge in [-0.05, 0) is 45.0 Å². The molecule has 1 aromatic heterocycles. The van der Waals surface area contributed by atoms with Gasteiger partial charge in [-0.25, -0.2) is 4.39 Å². The normalized spacial score (nSPS) is 12.5. The van der Waals surface area contributed by atoms with Crippen molar-refractivity contribution in [3.8, 4) is 0 Å². The highest BCUT2D eigenvalue weighted by Gasteiger charge is 2.10. The monoisotopic (exact) mass is 249 g/mol. The molecule has 90 valence electrons. The first-order valence-electron chi connectivity index (χ1n) is 5.66. The van der Waals surface area contributed by atoms with Gasteiger partial charge in [0.25, 0.3) is 0 Å². The van der Waals surface area contributed by atoms with Crippen LogP contribution in [0.25, 0.3) is 0 Å². The van der Waals surface area contributed by atoms with E-state index in [9.17, 15) is 4.39 Å². The van der Waals surface area contributed by atoms with Crippen molar-refractivity contribution in [1.29, 1.82) is 0 Å². The Labute approximate surface area is 105 Å². The van der Waals surface area contributed by atoms with Crippen LogP contribution >= 0.6 is 11.3 Å². The van der Waals surface area contributed by atoms with Crippen LogP contribution in [0.1, 0.15) is 28.3 Å². The van der Waals surface area contributed by atoms with E-state index in [1.807, 2.05) is 6.07 Å². The van der Waals surface area contributed by atoms with Crippen molar-refractivity contribution >= 4 is 17.0 Å². The van der Waals surface area contributed by atoms with Crippen LogP contribution in [0, 0.1) is 19.7 Å². The minimum atomic E-state index is -0.162. The van der Waals surface area contributed by atoms with Crippen molar-refractivity contribution in [2.45, 2.75) is 26.8 Å². The molecular weight excluding hydrogens is 233 g/mol. The summed E-state index contributed by atoms with van der Waals surface area (Å²) < 4.78 is 13.4. The molecule has 2 aromatic rings. The van der Waals surface area contributed by atoms with E-state index in [4.69, 9.17) is 0 Å². The predicted molar refractivity (Wildman–Crippen MR) is 72.2 cm³/mol. The molecule has 0 bridgehead atoms. The third kappa shape index (κ3) is 2.67. The fourth-order valence-electron chi connectivity index (χ4n) is 1.75. The van der Waals surface area contributed by atoms with Gasteiger partial charge < -0.3 is 5.32 Å². The van der Waals surface area contributed by atoms with Crippen molar-refractivity contribution < 1.29 is 4.39 Å². The van der Waals surface area contributed by atoms with Gasteiger partial charge in [-0.2, -0.15) is 0 Å². The Morgan fingerprint density at radius 2 is 1.94 bits per heavy atom. The van der Waals surface area contributed by atoms with Gasteiger partial charge in [0.2, 0.25) is 0 Å². The molecule has 0 aliphatic rings. The number of halogens is 1. The van der Waals surface area contributed by atoms with E-state index in [0.717, 1.165) is 5.69 Å². The van der Waals surface area contributed by atoms with Gasteiger partial charge in [-0.15, -0.1) is 11.3 Å². The molecule has 3 heteroatoms. The molecule has 1 unspecified atom stereocenters. The van der Waals surface area contributed by atoms with Crippen molar-refractivity contribution in [1.82, 2.24) is 0 Å². The van der Waals surface area contributed by atoms with E-state index >= 15 is 0 Å². The van der Waals surface area contributed by atoms with Crippen LogP contribution in [0.5, 0.6) is 0 Å². The zero-order valence-electron chi connectivity index (χ0n) is 10.3. The van der Waals surface area contributed by atoms with E-state index in [1.165, 1.54) is 15.8 Å². The summed E-state index contributed by atoms with van der Waals surface area (Å²) in [5.41, 5.74) is 1.54. The quantitative estimate of drug-likeness (QED) is 0.833. The Balaban J connectivity index is 2.18. The third-order valence-corrected chi connectivity index (χ3v) is 4.01. The molecule has 0 spiro atoms. The third-order valence-electron chi connectivity index (χ3n) is 2.83. The zero-order chi connectivity index (χ0) is 12.4. The molecule has 0 fully saturated rings. The summed E-state index contributed by atoms with van der Waals surface area (Å²) in [5.74, 6) is -0.162. The Morgan fingerprint density at radius 3 is 2.59 bits per heavy atom. The van der Waals surface area contributed by atoms with Gasteiger partial charge in [0, 0.05) is 21.0 Å². The van der Waals surface area contributed by atoms with E-state index in [0.29, 0.717) is 5.56 Å². The molecule has 1 atom stereocenters. The highest BCUT2D eigenvalue weighted by atomic mass is 32.1. The molecule has 0 saturated heterocycles. The molecule has 0 amide bonds. The van der Waals surface area contributed by atoms with E-state index in [2.05, 4.69) is 31.3 Å². The predicted octanol–water partition coefficient (Wildman–Crippen LogP) is 4.68. The van der Waals surface area contributed by atoms with Gasteiger partial charge in [-0.1, -0.05) is 6.07 Å². The molecular formula is C14H16FNS. The topological polar surface area (TPSA) is 12.0 Å². The number of aryl methyl sites for hydroxylation is 1. The zero-order valence-corrected chi connectivity index (χ0v) is 11.1. The van der Waals surface area contributed by atoms with Gasteiger partial charge in [0.05, 0.1) is 6.04 Å². The maximum Gasteiger partial charge on any atom is 0.128 e. The van der Waals surface area contributed by atoms with Crippen molar-refractivity contribution in [2.24, 2.45) is 0 Å². The fraction of sp³-hybridized carbons (Fsp3) is 0.286. The number of rotatable bonds is 3. The summed E-state index contributed by atoms with van der Waals surface area (Å²) >= 11 is 1.77. The van der Waals surface area contributed by atoms with Gasteiger partial charge in [0.1, 0.15) is 5.82 Å². The molecule has 17 heavy (non-hydrogen) atoms. The lowest BCUT2D eigenvalue weighted by Crippen LogP contribution is -2.06. The Hall–Kier alpha value is -1.35. The Morgan fingerprint density at radius 1 is 1.18 bits per heavy atom. The van der Waals surface area contributed by atoms with Gasteiger partial charge in [0.15, 0.2) is 0 Å². The minimum Gasteiger partial charge on any atom is -0.377 e. The smallest absolute Gasteiger partial charge is 0.128 e.